The molecule has 1 atom stereocenters. The number of nitrogens with zero attached hydrogens (tertiary/aromatic N) is 2. The number of rotatable bonds is 5. The van der Waals surface area contributed by atoms with Gasteiger partial charge >= 0.3 is 0 Å². The van der Waals surface area contributed by atoms with Crippen molar-refractivity contribution < 1.29 is 8.60 Å². The average Bonchev–Trinajstić information content (AvgIpc) is 2.84. The number of nitrogen functional groups attached to an aromatic ring is 1. The third kappa shape index (κ3) is 3.07. The number of hydrogen-bond acceptors (Lipinski definition) is 3. The van der Waals surface area contributed by atoms with Crippen LogP contribution in [0.5, 0.6) is 0 Å². The monoisotopic (exact) mass is 295 g/mol. The minimum absolute atomic E-state index is 0.0672. The Morgan fingerprint density at radius 2 is 2.10 bits per heavy atom. The van der Waals surface area contributed by atoms with E-state index in [9.17, 15) is 8.60 Å². The molecule has 108 valence electrons. The van der Waals surface area contributed by atoms with Crippen molar-refractivity contribution in [3.05, 3.63) is 41.5 Å². The van der Waals surface area contributed by atoms with Crippen molar-refractivity contribution in [2.45, 2.75) is 37.5 Å². The first-order chi connectivity index (χ1) is 9.55. The quantitative estimate of drug-likeness (QED) is 0.862. The van der Waals surface area contributed by atoms with Crippen LogP contribution in [0.3, 0.4) is 0 Å². The Labute approximate surface area is 120 Å². The molecule has 0 radical (unpaired) electrons. The summed E-state index contributed by atoms with van der Waals surface area (Å²) in [6, 6.07) is 6.23. The Hall–Kier alpha value is -1.69. The summed E-state index contributed by atoms with van der Waals surface area (Å²) in [5.41, 5.74) is 7.36. The summed E-state index contributed by atoms with van der Waals surface area (Å²) in [6.45, 7) is 4.74. The van der Waals surface area contributed by atoms with E-state index in [0.717, 1.165) is 24.4 Å². The molecular formula is C14H18FN3OS. The maximum absolute atomic E-state index is 13.4. The number of nitrogens with two attached hydrogens (primary N) is 1. The summed E-state index contributed by atoms with van der Waals surface area (Å²) < 4.78 is 27.5. The number of aryl methyl sites for hydroxylation is 2. The van der Waals surface area contributed by atoms with Crippen molar-refractivity contribution in [2.75, 3.05) is 5.73 Å². The fourth-order valence-corrected chi connectivity index (χ4v) is 3.07. The van der Waals surface area contributed by atoms with Gasteiger partial charge in [0.05, 0.1) is 33.6 Å². The minimum atomic E-state index is -1.31. The molecule has 0 saturated heterocycles. The molecule has 1 aromatic carbocycles. The molecule has 0 aliphatic heterocycles. The van der Waals surface area contributed by atoms with Gasteiger partial charge in [-0.1, -0.05) is 6.92 Å². The normalized spacial score (nSPS) is 12.6. The van der Waals surface area contributed by atoms with E-state index in [1.807, 2.05) is 24.6 Å². The molecule has 0 saturated carbocycles. The predicted molar refractivity (Wildman–Crippen MR) is 78.2 cm³/mol. The fourth-order valence-electron chi connectivity index (χ4n) is 1.94. The predicted octanol–water partition coefficient (Wildman–Crippen LogP) is 2.49. The largest absolute Gasteiger partial charge is 0.396 e. The first kappa shape index (κ1) is 14.7. The third-order valence-corrected chi connectivity index (χ3v) is 4.43. The van der Waals surface area contributed by atoms with E-state index in [1.54, 1.807) is 6.07 Å². The highest BCUT2D eigenvalue weighted by Crippen LogP contribution is 2.18. The van der Waals surface area contributed by atoms with Gasteiger partial charge in [-0.25, -0.2) is 4.39 Å². The van der Waals surface area contributed by atoms with Gasteiger partial charge in [0.15, 0.2) is 0 Å². The fraction of sp³-hybridized carbons (Fsp3) is 0.357. The van der Waals surface area contributed by atoms with Gasteiger partial charge in [-0.3, -0.25) is 8.89 Å². The van der Waals surface area contributed by atoms with Crippen LogP contribution in [0, 0.1) is 5.82 Å². The van der Waals surface area contributed by atoms with Crippen LogP contribution in [-0.2, 0) is 29.5 Å². The minimum Gasteiger partial charge on any atom is -0.396 e. The summed E-state index contributed by atoms with van der Waals surface area (Å²) in [5, 5.41) is 4.41. The van der Waals surface area contributed by atoms with Gasteiger partial charge in [0.2, 0.25) is 0 Å². The van der Waals surface area contributed by atoms with Gasteiger partial charge in [-0.05, 0) is 37.6 Å². The molecular weight excluding hydrogens is 277 g/mol. The Balaban J connectivity index is 2.22. The summed E-state index contributed by atoms with van der Waals surface area (Å²) in [5.74, 6) is -0.210. The van der Waals surface area contributed by atoms with Gasteiger partial charge in [0.25, 0.3) is 0 Å². The zero-order valence-corrected chi connectivity index (χ0v) is 12.4. The SMILES string of the molecule is CCc1cc(CS(=O)c2ccc(N)c(F)c2)n(CC)n1. The first-order valence-corrected chi connectivity index (χ1v) is 7.86. The molecule has 2 rings (SSSR count). The molecule has 2 aromatic rings. The molecule has 1 aromatic heterocycles. The lowest BCUT2D eigenvalue weighted by Gasteiger charge is -2.06. The highest BCUT2D eigenvalue weighted by molar-refractivity contribution is 7.84. The van der Waals surface area contributed by atoms with Crippen molar-refractivity contribution in [3.63, 3.8) is 0 Å². The smallest absolute Gasteiger partial charge is 0.147 e. The number of halogens is 1. The number of benzene rings is 1. The van der Waals surface area contributed by atoms with Crippen molar-refractivity contribution in [1.82, 2.24) is 9.78 Å². The lowest BCUT2D eigenvalue weighted by molar-refractivity contribution is 0.621. The molecule has 0 amide bonds. The molecule has 0 bridgehead atoms. The maximum Gasteiger partial charge on any atom is 0.147 e. The molecule has 20 heavy (non-hydrogen) atoms. The van der Waals surface area contributed by atoms with E-state index in [4.69, 9.17) is 5.73 Å². The van der Waals surface area contributed by atoms with Crippen LogP contribution in [0.2, 0.25) is 0 Å². The number of aromatic nitrogens is 2. The van der Waals surface area contributed by atoms with E-state index in [1.165, 1.54) is 12.1 Å². The summed E-state index contributed by atoms with van der Waals surface area (Å²) in [7, 11) is -1.31. The summed E-state index contributed by atoms with van der Waals surface area (Å²) in [4.78, 5) is 0.443. The van der Waals surface area contributed by atoms with Gasteiger partial charge in [-0.2, -0.15) is 5.10 Å². The van der Waals surface area contributed by atoms with Gasteiger partial charge in [0, 0.05) is 11.4 Å². The molecule has 0 fully saturated rings. The Kier molecular flexibility index (Phi) is 4.54. The van der Waals surface area contributed by atoms with Gasteiger partial charge < -0.3 is 5.73 Å². The van der Waals surface area contributed by atoms with E-state index >= 15 is 0 Å². The van der Waals surface area contributed by atoms with Crippen LogP contribution < -0.4 is 5.73 Å². The Morgan fingerprint density at radius 1 is 1.35 bits per heavy atom. The van der Waals surface area contributed by atoms with Crippen molar-refractivity contribution >= 4 is 16.5 Å². The Morgan fingerprint density at radius 3 is 2.70 bits per heavy atom. The van der Waals surface area contributed by atoms with Crippen LogP contribution in [0.25, 0.3) is 0 Å². The van der Waals surface area contributed by atoms with Gasteiger partial charge in [0.1, 0.15) is 5.82 Å². The standard InChI is InChI=1S/C14H18FN3OS/c1-3-10-7-11(18(4-2)17-10)9-20(19)12-5-6-14(16)13(15)8-12/h5-8H,3-4,9,16H2,1-2H3. The summed E-state index contributed by atoms with van der Waals surface area (Å²) in [6.07, 6.45) is 0.836. The molecule has 0 spiro atoms. The second-order valence-corrected chi connectivity index (χ2v) is 5.92. The third-order valence-electron chi connectivity index (χ3n) is 3.09. The topological polar surface area (TPSA) is 60.9 Å². The van der Waals surface area contributed by atoms with Crippen LogP contribution in [0.15, 0.2) is 29.2 Å². The lowest BCUT2D eigenvalue weighted by Crippen LogP contribution is -2.06. The van der Waals surface area contributed by atoms with E-state index in [-0.39, 0.29) is 5.69 Å². The molecule has 0 aliphatic rings. The molecule has 1 heterocycles. The molecule has 1 unspecified atom stereocenters. The highest BCUT2D eigenvalue weighted by atomic mass is 32.2. The first-order valence-electron chi connectivity index (χ1n) is 6.54. The van der Waals surface area contributed by atoms with Crippen molar-refractivity contribution in [2.24, 2.45) is 0 Å². The van der Waals surface area contributed by atoms with Crippen molar-refractivity contribution in [1.29, 1.82) is 0 Å². The maximum atomic E-state index is 13.4. The lowest BCUT2D eigenvalue weighted by atomic mass is 10.3. The van der Waals surface area contributed by atoms with Crippen molar-refractivity contribution in [3.8, 4) is 0 Å². The molecule has 6 heteroatoms. The zero-order valence-electron chi connectivity index (χ0n) is 11.6. The highest BCUT2D eigenvalue weighted by Gasteiger charge is 2.12. The molecule has 2 N–H and O–H groups in total. The second-order valence-electron chi connectivity index (χ2n) is 4.47. The molecule has 4 nitrogen and oxygen atoms in total. The number of anilines is 1. The van der Waals surface area contributed by atoms with Crippen LogP contribution in [-0.4, -0.2) is 14.0 Å². The molecule has 0 aliphatic carbocycles. The Bertz CT molecular complexity index is 639. The van der Waals surface area contributed by atoms with Crippen LogP contribution in [0.4, 0.5) is 10.1 Å². The zero-order chi connectivity index (χ0) is 14.7. The summed E-state index contributed by atoms with van der Waals surface area (Å²) >= 11 is 0. The average molecular weight is 295 g/mol. The number of hydrogen-bond donors (Lipinski definition) is 1. The second kappa shape index (κ2) is 6.17. The van der Waals surface area contributed by atoms with Crippen LogP contribution in [0.1, 0.15) is 25.2 Å². The van der Waals surface area contributed by atoms with Crippen LogP contribution >= 0.6 is 0 Å². The van der Waals surface area contributed by atoms with E-state index < -0.39 is 16.6 Å². The van der Waals surface area contributed by atoms with E-state index in [0.29, 0.717) is 10.6 Å². The van der Waals surface area contributed by atoms with Gasteiger partial charge in [-0.15, -0.1) is 0 Å². The van der Waals surface area contributed by atoms with E-state index in [2.05, 4.69) is 5.10 Å².